The van der Waals surface area contributed by atoms with Gasteiger partial charge in [-0.05, 0) is 29.9 Å². The first-order valence-electron chi connectivity index (χ1n) is 5.59. The minimum atomic E-state index is -0.732. The molecule has 1 rings (SSSR count). The fraction of sp³-hybridized carbons (Fsp3) is 0.500. The third kappa shape index (κ3) is 3.37. The molecule has 2 heteroatoms. The maximum absolute atomic E-state index is 11.3. The standard InChI is InChI=1S/C14H20O2/c1-10-7-5-6-8-11(10)12(13(15)16)9-14(2,3)4/h5-8,12H,9H2,1-4H3,(H,15,16)/t12-/m0/s1. The largest absolute Gasteiger partial charge is 0.481 e. The topological polar surface area (TPSA) is 37.3 Å². The highest BCUT2D eigenvalue weighted by atomic mass is 16.4. The van der Waals surface area contributed by atoms with Crippen molar-refractivity contribution < 1.29 is 9.90 Å². The van der Waals surface area contributed by atoms with Crippen molar-refractivity contribution in [2.45, 2.75) is 40.0 Å². The molecule has 0 aromatic heterocycles. The zero-order valence-corrected chi connectivity index (χ0v) is 10.4. The third-order valence-corrected chi connectivity index (χ3v) is 2.68. The Hall–Kier alpha value is -1.31. The number of aliphatic carboxylic acids is 1. The first kappa shape index (κ1) is 12.8. The Morgan fingerprint density at radius 1 is 1.31 bits per heavy atom. The molecule has 16 heavy (non-hydrogen) atoms. The van der Waals surface area contributed by atoms with Crippen molar-refractivity contribution >= 4 is 5.97 Å². The Kier molecular flexibility index (Phi) is 3.74. The Morgan fingerprint density at radius 3 is 2.31 bits per heavy atom. The summed E-state index contributed by atoms with van der Waals surface area (Å²) in [5, 5.41) is 9.31. The van der Waals surface area contributed by atoms with Gasteiger partial charge >= 0.3 is 5.97 Å². The highest BCUT2D eigenvalue weighted by Gasteiger charge is 2.26. The van der Waals surface area contributed by atoms with Gasteiger partial charge in [-0.3, -0.25) is 4.79 Å². The number of carboxylic acid groups (broad SMARTS) is 1. The maximum Gasteiger partial charge on any atom is 0.311 e. The van der Waals surface area contributed by atoms with Crippen LogP contribution in [0.2, 0.25) is 0 Å². The molecule has 0 spiro atoms. The molecule has 1 atom stereocenters. The second-order valence-corrected chi connectivity index (χ2v) is 5.51. The molecule has 1 aromatic carbocycles. The van der Waals surface area contributed by atoms with Gasteiger partial charge in [-0.25, -0.2) is 0 Å². The van der Waals surface area contributed by atoms with Crippen molar-refractivity contribution in [3.63, 3.8) is 0 Å². The molecule has 0 heterocycles. The molecule has 0 aliphatic heterocycles. The average molecular weight is 220 g/mol. The molecule has 0 saturated heterocycles. The molecule has 0 saturated carbocycles. The fourth-order valence-electron chi connectivity index (χ4n) is 1.92. The van der Waals surface area contributed by atoms with E-state index in [4.69, 9.17) is 0 Å². The van der Waals surface area contributed by atoms with E-state index < -0.39 is 11.9 Å². The van der Waals surface area contributed by atoms with E-state index in [1.54, 1.807) is 0 Å². The Balaban J connectivity index is 3.04. The van der Waals surface area contributed by atoms with Crippen LogP contribution in [0.25, 0.3) is 0 Å². The smallest absolute Gasteiger partial charge is 0.311 e. The van der Waals surface area contributed by atoms with Gasteiger partial charge in [-0.2, -0.15) is 0 Å². The number of hydrogen-bond donors (Lipinski definition) is 1. The number of hydrogen-bond acceptors (Lipinski definition) is 1. The van der Waals surface area contributed by atoms with Gasteiger partial charge in [0.15, 0.2) is 0 Å². The number of carboxylic acids is 1. The summed E-state index contributed by atoms with van der Waals surface area (Å²) in [4.78, 5) is 11.3. The summed E-state index contributed by atoms with van der Waals surface area (Å²) in [6.07, 6.45) is 0.660. The van der Waals surface area contributed by atoms with Gasteiger partial charge in [0.25, 0.3) is 0 Å². The van der Waals surface area contributed by atoms with Gasteiger partial charge in [-0.1, -0.05) is 45.0 Å². The molecule has 0 aliphatic rings. The Bertz CT molecular complexity index is 375. The lowest BCUT2D eigenvalue weighted by Gasteiger charge is -2.24. The minimum absolute atomic E-state index is 0.0192. The molecule has 1 aromatic rings. The van der Waals surface area contributed by atoms with E-state index in [0.717, 1.165) is 11.1 Å². The number of carbonyl (C=O) groups is 1. The predicted octanol–water partition coefficient (Wildman–Crippen LogP) is 3.60. The molecule has 0 aliphatic carbocycles. The highest BCUT2D eigenvalue weighted by Crippen LogP contribution is 2.32. The normalized spacial score (nSPS) is 13.5. The van der Waals surface area contributed by atoms with Crippen LogP contribution in [0.5, 0.6) is 0 Å². The summed E-state index contributed by atoms with van der Waals surface area (Å²) in [6, 6.07) is 7.73. The molecule has 0 radical (unpaired) electrons. The third-order valence-electron chi connectivity index (χ3n) is 2.68. The van der Waals surface area contributed by atoms with E-state index >= 15 is 0 Å². The van der Waals surface area contributed by atoms with E-state index in [9.17, 15) is 9.90 Å². The quantitative estimate of drug-likeness (QED) is 0.845. The molecule has 0 bridgehead atoms. The molecular weight excluding hydrogens is 200 g/mol. The molecule has 0 fully saturated rings. The molecular formula is C14H20O2. The van der Waals surface area contributed by atoms with Crippen molar-refractivity contribution in [2.75, 3.05) is 0 Å². The number of benzene rings is 1. The van der Waals surface area contributed by atoms with Crippen LogP contribution in [0.1, 0.15) is 44.2 Å². The SMILES string of the molecule is Cc1ccccc1[C@H](CC(C)(C)C)C(=O)O. The zero-order valence-electron chi connectivity index (χ0n) is 10.4. The predicted molar refractivity (Wildman–Crippen MR) is 65.6 cm³/mol. The van der Waals surface area contributed by atoms with Gasteiger partial charge in [0.05, 0.1) is 5.92 Å². The summed E-state index contributed by atoms with van der Waals surface area (Å²) >= 11 is 0. The second kappa shape index (κ2) is 4.69. The molecule has 0 unspecified atom stereocenters. The monoisotopic (exact) mass is 220 g/mol. The van der Waals surface area contributed by atoms with E-state index in [-0.39, 0.29) is 5.41 Å². The average Bonchev–Trinajstić information content (AvgIpc) is 2.13. The van der Waals surface area contributed by atoms with Gasteiger partial charge < -0.3 is 5.11 Å². The molecule has 88 valence electrons. The Morgan fingerprint density at radius 2 is 1.88 bits per heavy atom. The van der Waals surface area contributed by atoms with Crippen LogP contribution in [0.15, 0.2) is 24.3 Å². The van der Waals surface area contributed by atoms with Gasteiger partial charge in [0.1, 0.15) is 0 Å². The van der Waals surface area contributed by atoms with E-state index in [1.165, 1.54) is 0 Å². The van der Waals surface area contributed by atoms with Crippen LogP contribution >= 0.6 is 0 Å². The first-order valence-corrected chi connectivity index (χ1v) is 5.59. The highest BCUT2D eigenvalue weighted by molar-refractivity contribution is 5.76. The summed E-state index contributed by atoms with van der Waals surface area (Å²) in [5.41, 5.74) is 2.01. The van der Waals surface area contributed by atoms with Crippen LogP contribution in [0, 0.1) is 12.3 Å². The molecule has 1 N–H and O–H groups in total. The lowest BCUT2D eigenvalue weighted by Crippen LogP contribution is -2.19. The van der Waals surface area contributed by atoms with Gasteiger partial charge in [-0.15, -0.1) is 0 Å². The lowest BCUT2D eigenvalue weighted by atomic mass is 9.80. The number of rotatable bonds is 3. The van der Waals surface area contributed by atoms with E-state index in [0.29, 0.717) is 6.42 Å². The van der Waals surface area contributed by atoms with Crippen molar-refractivity contribution in [1.29, 1.82) is 0 Å². The summed E-state index contributed by atoms with van der Waals surface area (Å²) in [6.45, 7) is 8.18. The first-order chi connectivity index (χ1) is 7.31. The maximum atomic E-state index is 11.3. The zero-order chi connectivity index (χ0) is 12.3. The second-order valence-electron chi connectivity index (χ2n) is 5.51. The van der Waals surface area contributed by atoms with Gasteiger partial charge in [0.2, 0.25) is 0 Å². The van der Waals surface area contributed by atoms with Crippen LogP contribution in [0.3, 0.4) is 0 Å². The summed E-state index contributed by atoms with van der Waals surface area (Å²) in [7, 11) is 0. The van der Waals surface area contributed by atoms with Crippen LogP contribution in [0.4, 0.5) is 0 Å². The van der Waals surface area contributed by atoms with Crippen molar-refractivity contribution in [2.24, 2.45) is 5.41 Å². The fourth-order valence-corrected chi connectivity index (χ4v) is 1.92. The van der Waals surface area contributed by atoms with Crippen molar-refractivity contribution in [3.05, 3.63) is 35.4 Å². The van der Waals surface area contributed by atoms with Crippen LogP contribution < -0.4 is 0 Å². The number of aryl methyl sites for hydroxylation is 1. The van der Waals surface area contributed by atoms with Crippen LogP contribution in [-0.4, -0.2) is 11.1 Å². The Labute approximate surface area is 97.3 Å². The molecule has 2 nitrogen and oxygen atoms in total. The minimum Gasteiger partial charge on any atom is -0.481 e. The molecule has 0 amide bonds. The van der Waals surface area contributed by atoms with E-state index in [2.05, 4.69) is 20.8 Å². The lowest BCUT2D eigenvalue weighted by molar-refractivity contribution is -0.139. The van der Waals surface area contributed by atoms with Gasteiger partial charge in [0, 0.05) is 0 Å². The van der Waals surface area contributed by atoms with Crippen molar-refractivity contribution in [1.82, 2.24) is 0 Å². The van der Waals surface area contributed by atoms with Crippen molar-refractivity contribution in [3.8, 4) is 0 Å². The summed E-state index contributed by atoms with van der Waals surface area (Å²) < 4.78 is 0. The van der Waals surface area contributed by atoms with Crippen LogP contribution in [-0.2, 0) is 4.79 Å². The van der Waals surface area contributed by atoms with E-state index in [1.807, 2.05) is 31.2 Å². The summed E-state index contributed by atoms with van der Waals surface area (Å²) in [5.74, 6) is -1.13.